The van der Waals surface area contributed by atoms with Gasteiger partial charge in [0.1, 0.15) is 0 Å². The highest BCUT2D eigenvalue weighted by atomic mass is 16.9. The van der Waals surface area contributed by atoms with Crippen LogP contribution >= 0.6 is 0 Å². The van der Waals surface area contributed by atoms with Gasteiger partial charge in [0.05, 0.1) is 6.61 Å². The fraction of sp³-hybridized carbons (Fsp3) is 0.462. The highest BCUT2D eigenvalue weighted by Gasteiger charge is 2.41. The van der Waals surface area contributed by atoms with Crippen molar-refractivity contribution in [1.82, 2.24) is 9.80 Å². The Labute approximate surface area is 201 Å². The maximum atomic E-state index is 13.3. The van der Waals surface area contributed by atoms with Gasteiger partial charge in [-0.25, -0.2) is 4.79 Å². The van der Waals surface area contributed by atoms with E-state index in [2.05, 4.69) is 0 Å². The zero-order chi connectivity index (χ0) is 24.9. The second-order valence-corrected chi connectivity index (χ2v) is 7.83. The molecule has 8 nitrogen and oxygen atoms in total. The highest BCUT2D eigenvalue weighted by Crippen LogP contribution is 2.51. The lowest BCUT2D eigenvalue weighted by Crippen LogP contribution is -2.38. The Morgan fingerprint density at radius 2 is 1.50 bits per heavy atom. The second-order valence-electron chi connectivity index (χ2n) is 7.83. The predicted octanol–water partition coefficient (Wildman–Crippen LogP) is 5.16. The van der Waals surface area contributed by atoms with Crippen LogP contribution in [0.3, 0.4) is 0 Å². The van der Waals surface area contributed by atoms with E-state index in [1.165, 1.54) is 0 Å². The van der Waals surface area contributed by atoms with Crippen molar-refractivity contribution < 1.29 is 28.5 Å². The van der Waals surface area contributed by atoms with E-state index in [0.29, 0.717) is 55.2 Å². The largest absolute Gasteiger partial charge is 0.426 e. The molecule has 184 valence electrons. The van der Waals surface area contributed by atoms with Crippen molar-refractivity contribution in [3.05, 3.63) is 42.0 Å². The van der Waals surface area contributed by atoms with Crippen LogP contribution in [0.15, 0.2) is 36.4 Å². The van der Waals surface area contributed by atoms with E-state index >= 15 is 0 Å². The fourth-order valence-corrected chi connectivity index (χ4v) is 3.98. The fourth-order valence-electron chi connectivity index (χ4n) is 3.98. The van der Waals surface area contributed by atoms with Crippen LogP contribution in [0.1, 0.15) is 51.9 Å². The van der Waals surface area contributed by atoms with Crippen LogP contribution in [0.5, 0.6) is 17.2 Å². The molecule has 0 bridgehead atoms. The third-order valence-corrected chi connectivity index (χ3v) is 5.77. The standard InChI is InChI=1S/C26H34N2O6/c1-7-27(8-2)24(29)20-15-13-12-14-18(20)19-16-17-21-23(34-26(6,33-21)31-11-5)22(19)32-25(30)28(9-3)10-4/h12-17H,7-11H2,1-6H3. The monoisotopic (exact) mass is 470 g/mol. The van der Waals surface area contributed by atoms with Crippen LogP contribution in [0.4, 0.5) is 4.79 Å². The van der Waals surface area contributed by atoms with Crippen LogP contribution < -0.4 is 14.2 Å². The molecule has 0 saturated carbocycles. The Bertz CT molecular complexity index is 1030. The number of amides is 2. The van der Waals surface area contributed by atoms with Gasteiger partial charge >= 0.3 is 12.1 Å². The SMILES string of the molecule is CCOC1(C)Oc2ccc(-c3ccccc3C(=O)N(CC)CC)c(OC(=O)N(CC)CC)c2O1. The van der Waals surface area contributed by atoms with Gasteiger partial charge in [0.15, 0.2) is 11.5 Å². The zero-order valence-corrected chi connectivity index (χ0v) is 20.8. The average molecular weight is 471 g/mol. The molecular weight excluding hydrogens is 436 g/mol. The molecule has 8 heteroatoms. The van der Waals surface area contributed by atoms with Gasteiger partial charge in [0.25, 0.3) is 5.91 Å². The first-order chi connectivity index (χ1) is 16.3. The van der Waals surface area contributed by atoms with Crippen LogP contribution in [-0.2, 0) is 4.74 Å². The van der Waals surface area contributed by atoms with Crippen molar-refractivity contribution in [3.8, 4) is 28.4 Å². The Kier molecular flexibility index (Phi) is 8.04. The van der Waals surface area contributed by atoms with E-state index in [0.717, 1.165) is 0 Å². The molecule has 0 N–H and O–H groups in total. The van der Waals surface area contributed by atoms with Gasteiger partial charge in [-0.05, 0) is 58.4 Å². The number of hydrogen-bond acceptors (Lipinski definition) is 6. The summed E-state index contributed by atoms with van der Waals surface area (Å²) in [6, 6.07) is 10.8. The van der Waals surface area contributed by atoms with E-state index in [1.807, 2.05) is 52.8 Å². The van der Waals surface area contributed by atoms with Crippen molar-refractivity contribution in [3.63, 3.8) is 0 Å². The molecule has 0 aliphatic carbocycles. The van der Waals surface area contributed by atoms with Crippen molar-refractivity contribution >= 4 is 12.0 Å². The summed E-state index contributed by atoms with van der Waals surface area (Å²) < 4.78 is 23.5. The first-order valence-corrected chi connectivity index (χ1v) is 11.9. The van der Waals surface area contributed by atoms with Crippen molar-refractivity contribution in [2.24, 2.45) is 0 Å². The Hall–Kier alpha value is -3.26. The third kappa shape index (κ3) is 4.97. The number of fused-ring (bicyclic) bond motifs is 1. The van der Waals surface area contributed by atoms with Crippen molar-refractivity contribution in [2.75, 3.05) is 32.8 Å². The van der Waals surface area contributed by atoms with Crippen LogP contribution in [0.2, 0.25) is 0 Å². The van der Waals surface area contributed by atoms with Crippen molar-refractivity contribution in [1.29, 1.82) is 0 Å². The van der Waals surface area contributed by atoms with Gasteiger partial charge in [0, 0.05) is 44.2 Å². The molecule has 2 aromatic carbocycles. The molecule has 0 fully saturated rings. The minimum Gasteiger partial charge on any atom is -0.426 e. The van der Waals surface area contributed by atoms with Crippen LogP contribution in [0, 0.1) is 0 Å². The lowest BCUT2D eigenvalue weighted by Gasteiger charge is -2.23. The minimum atomic E-state index is -1.34. The Morgan fingerprint density at radius 1 is 0.853 bits per heavy atom. The summed E-state index contributed by atoms with van der Waals surface area (Å²) >= 11 is 0. The quantitative estimate of drug-likeness (QED) is 0.504. The van der Waals surface area contributed by atoms with E-state index < -0.39 is 12.1 Å². The molecule has 1 unspecified atom stereocenters. The number of carbonyl (C=O) groups is 2. The molecule has 0 saturated heterocycles. The summed E-state index contributed by atoms with van der Waals surface area (Å²) in [7, 11) is 0. The van der Waals surface area contributed by atoms with Gasteiger partial charge in [-0.2, -0.15) is 0 Å². The number of rotatable bonds is 9. The number of ether oxygens (including phenoxy) is 4. The number of nitrogens with zero attached hydrogens (tertiary/aromatic N) is 2. The smallest absolute Gasteiger partial charge is 0.415 e. The molecule has 1 atom stereocenters. The summed E-state index contributed by atoms with van der Waals surface area (Å²) in [5.41, 5.74) is 1.70. The lowest BCUT2D eigenvalue weighted by atomic mass is 9.97. The Morgan fingerprint density at radius 3 is 2.12 bits per heavy atom. The van der Waals surface area contributed by atoms with E-state index in [-0.39, 0.29) is 17.4 Å². The summed E-state index contributed by atoms with van der Waals surface area (Å²) in [5.74, 6) is -0.590. The van der Waals surface area contributed by atoms with Crippen LogP contribution in [-0.4, -0.2) is 60.6 Å². The first-order valence-electron chi connectivity index (χ1n) is 11.9. The average Bonchev–Trinajstić information content (AvgIpc) is 3.17. The molecule has 1 aliphatic heterocycles. The lowest BCUT2D eigenvalue weighted by molar-refractivity contribution is -0.266. The molecule has 0 radical (unpaired) electrons. The van der Waals surface area contributed by atoms with Gasteiger partial charge in [-0.1, -0.05) is 18.2 Å². The molecule has 2 amide bonds. The summed E-state index contributed by atoms with van der Waals surface area (Å²) in [4.78, 5) is 29.6. The summed E-state index contributed by atoms with van der Waals surface area (Å²) in [5, 5.41) is 0. The van der Waals surface area contributed by atoms with Crippen LogP contribution in [0.25, 0.3) is 11.1 Å². The third-order valence-electron chi connectivity index (χ3n) is 5.77. The van der Waals surface area contributed by atoms with Gasteiger partial charge in [-0.15, -0.1) is 0 Å². The molecule has 34 heavy (non-hydrogen) atoms. The van der Waals surface area contributed by atoms with Gasteiger partial charge in [0.2, 0.25) is 5.75 Å². The van der Waals surface area contributed by atoms with E-state index in [9.17, 15) is 9.59 Å². The maximum absolute atomic E-state index is 13.3. The second kappa shape index (κ2) is 10.8. The summed E-state index contributed by atoms with van der Waals surface area (Å²) in [6.07, 6.45) is -0.513. The number of hydrogen-bond donors (Lipinski definition) is 0. The minimum absolute atomic E-state index is 0.0987. The molecular formula is C26H34N2O6. The topological polar surface area (TPSA) is 77.5 Å². The zero-order valence-electron chi connectivity index (χ0n) is 20.8. The van der Waals surface area contributed by atoms with Gasteiger partial charge < -0.3 is 28.7 Å². The number of carbonyl (C=O) groups excluding carboxylic acids is 2. The van der Waals surface area contributed by atoms with E-state index in [4.69, 9.17) is 18.9 Å². The van der Waals surface area contributed by atoms with E-state index in [1.54, 1.807) is 34.9 Å². The first kappa shape index (κ1) is 25.4. The number of benzene rings is 2. The molecule has 0 aromatic heterocycles. The Balaban J connectivity index is 2.17. The molecule has 1 aliphatic rings. The van der Waals surface area contributed by atoms with Gasteiger partial charge in [-0.3, -0.25) is 4.79 Å². The predicted molar refractivity (Wildman–Crippen MR) is 129 cm³/mol. The molecule has 2 aromatic rings. The normalized spacial score (nSPS) is 16.3. The highest BCUT2D eigenvalue weighted by molar-refractivity contribution is 6.02. The molecule has 0 spiro atoms. The summed E-state index contributed by atoms with van der Waals surface area (Å²) in [6.45, 7) is 13.7. The maximum Gasteiger partial charge on any atom is 0.415 e. The molecule has 3 rings (SSSR count). The molecule has 1 heterocycles. The van der Waals surface area contributed by atoms with Crippen molar-refractivity contribution in [2.45, 2.75) is 47.5 Å².